The predicted molar refractivity (Wildman–Crippen MR) is 85.8 cm³/mol. The van der Waals surface area contributed by atoms with Crippen molar-refractivity contribution in [2.45, 2.75) is 20.3 Å². The molecule has 2 aromatic carbocycles. The molecule has 0 fully saturated rings. The molecule has 0 bridgehead atoms. The van der Waals surface area contributed by atoms with Crippen LogP contribution in [-0.2, 0) is 0 Å². The van der Waals surface area contributed by atoms with Gasteiger partial charge in [0.1, 0.15) is 0 Å². The van der Waals surface area contributed by atoms with Crippen LogP contribution < -0.4 is 15.4 Å². The van der Waals surface area contributed by atoms with Gasteiger partial charge in [-0.05, 0) is 25.0 Å². The average Bonchev–Trinajstić information content (AvgIpc) is 2.46. The fourth-order valence-electron chi connectivity index (χ4n) is 2.24. The molecule has 0 aliphatic heterocycles. The molecule has 2 aromatic rings. The van der Waals surface area contributed by atoms with E-state index in [4.69, 9.17) is 10.5 Å². The molecule has 0 aliphatic carbocycles. The summed E-state index contributed by atoms with van der Waals surface area (Å²) < 4.78 is 19.3. The molecule has 4 heteroatoms. The molecule has 3 nitrogen and oxygen atoms in total. The van der Waals surface area contributed by atoms with Gasteiger partial charge in [-0.3, -0.25) is 0 Å². The third kappa shape index (κ3) is 3.27. The van der Waals surface area contributed by atoms with E-state index < -0.39 is 5.82 Å². The standard InChI is InChI=1S/C17H21FN2O/c1-4-9-21-17-11-16(14(19)10-13(17)18)20(3)15-8-6-5-7-12(15)2/h5-8,10-11H,4,9,19H2,1-3H3. The summed E-state index contributed by atoms with van der Waals surface area (Å²) >= 11 is 0. The van der Waals surface area contributed by atoms with Crippen molar-refractivity contribution in [3.05, 3.63) is 47.8 Å². The zero-order chi connectivity index (χ0) is 15.4. The number of para-hydroxylation sites is 1. The van der Waals surface area contributed by atoms with Crippen LogP contribution in [0.2, 0.25) is 0 Å². The monoisotopic (exact) mass is 288 g/mol. The Hall–Kier alpha value is -2.23. The van der Waals surface area contributed by atoms with Gasteiger partial charge in [0, 0.05) is 24.9 Å². The first-order valence-electron chi connectivity index (χ1n) is 7.05. The summed E-state index contributed by atoms with van der Waals surface area (Å²) in [5, 5.41) is 0. The summed E-state index contributed by atoms with van der Waals surface area (Å²) in [4.78, 5) is 1.95. The molecule has 0 saturated carbocycles. The Morgan fingerprint density at radius 1 is 1.19 bits per heavy atom. The van der Waals surface area contributed by atoms with Crippen LogP contribution in [-0.4, -0.2) is 13.7 Å². The molecule has 2 rings (SSSR count). The number of hydrogen-bond acceptors (Lipinski definition) is 3. The van der Waals surface area contributed by atoms with E-state index in [0.717, 1.165) is 23.4 Å². The molecule has 0 aromatic heterocycles. The molecule has 0 saturated heterocycles. The Morgan fingerprint density at radius 3 is 2.57 bits per heavy atom. The molecule has 0 atom stereocenters. The number of anilines is 3. The predicted octanol–water partition coefficient (Wildman–Crippen LogP) is 4.27. The molecule has 0 spiro atoms. The number of aryl methyl sites for hydroxylation is 1. The first-order valence-corrected chi connectivity index (χ1v) is 7.05. The minimum Gasteiger partial charge on any atom is -0.490 e. The summed E-state index contributed by atoms with van der Waals surface area (Å²) in [6, 6.07) is 11.0. The number of ether oxygens (including phenoxy) is 1. The molecule has 112 valence electrons. The lowest BCUT2D eigenvalue weighted by Gasteiger charge is -2.24. The maximum Gasteiger partial charge on any atom is 0.167 e. The van der Waals surface area contributed by atoms with E-state index in [0.29, 0.717) is 12.3 Å². The highest BCUT2D eigenvalue weighted by Gasteiger charge is 2.14. The largest absolute Gasteiger partial charge is 0.490 e. The first kappa shape index (κ1) is 15.2. The molecular formula is C17H21FN2O. The maximum absolute atomic E-state index is 13.9. The second-order valence-electron chi connectivity index (χ2n) is 5.04. The minimum atomic E-state index is -0.428. The number of halogens is 1. The Balaban J connectivity index is 2.41. The SMILES string of the molecule is CCCOc1cc(N(C)c2ccccc2C)c(N)cc1F. The Kier molecular flexibility index (Phi) is 4.68. The van der Waals surface area contributed by atoms with Crippen molar-refractivity contribution in [1.29, 1.82) is 0 Å². The van der Waals surface area contributed by atoms with Crippen LogP contribution >= 0.6 is 0 Å². The Labute approximate surface area is 125 Å². The van der Waals surface area contributed by atoms with E-state index in [1.807, 2.05) is 50.1 Å². The molecule has 2 N–H and O–H groups in total. The fraction of sp³-hybridized carbons (Fsp3) is 0.294. The average molecular weight is 288 g/mol. The molecular weight excluding hydrogens is 267 g/mol. The summed E-state index contributed by atoms with van der Waals surface area (Å²) in [6.07, 6.45) is 0.826. The molecule has 0 amide bonds. The van der Waals surface area contributed by atoms with Gasteiger partial charge < -0.3 is 15.4 Å². The lowest BCUT2D eigenvalue weighted by Crippen LogP contribution is -2.13. The minimum absolute atomic E-state index is 0.237. The second-order valence-corrected chi connectivity index (χ2v) is 5.04. The quantitative estimate of drug-likeness (QED) is 0.835. The van der Waals surface area contributed by atoms with Gasteiger partial charge in [0.05, 0.1) is 18.0 Å². The van der Waals surface area contributed by atoms with Gasteiger partial charge in [0.15, 0.2) is 11.6 Å². The van der Waals surface area contributed by atoms with Gasteiger partial charge in [-0.25, -0.2) is 4.39 Å². The number of nitrogen functional groups attached to an aromatic ring is 1. The van der Waals surface area contributed by atoms with E-state index in [-0.39, 0.29) is 5.75 Å². The summed E-state index contributed by atoms with van der Waals surface area (Å²) in [5.41, 5.74) is 9.24. The highest BCUT2D eigenvalue weighted by Crippen LogP contribution is 2.35. The molecule has 0 radical (unpaired) electrons. The maximum atomic E-state index is 13.9. The lowest BCUT2D eigenvalue weighted by atomic mass is 10.1. The summed E-state index contributed by atoms with van der Waals surface area (Å²) in [5.74, 6) is -0.190. The molecule has 0 unspecified atom stereocenters. The van der Waals surface area contributed by atoms with Crippen LogP contribution in [0.1, 0.15) is 18.9 Å². The van der Waals surface area contributed by atoms with Crippen LogP contribution in [0.5, 0.6) is 5.75 Å². The van der Waals surface area contributed by atoms with Crippen LogP contribution in [0, 0.1) is 12.7 Å². The normalized spacial score (nSPS) is 10.5. The van der Waals surface area contributed by atoms with Crippen LogP contribution in [0.25, 0.3) is 0 Å². The van der Waals surface area contributed by atoms with Crippen molar-refractivity contribution >= 4 is 17.1 Å². The number of benzene rings is 2. The van der Waals surface area contributed by atoms with Gasteiger partial charge in [0.25, 0.3) is 0 Å². The summed E-state index contributed by atoms with van der Waals surface area (Å²) in [6.45, 7) is 4.49. The lowest BCUT2D eigenvalue weighted by molar-refractivity contribution is 0.301. The Bertz CT molecular complexity index is 628. The van der Waals surface area contributed by atoms with Crippen LogP contribution in [0.3, 0.4) is 0 Å². The summed E-state index contributed by atoms with van der Waals surface area (Å²) in [7, 11) is 1.91. The molecule has 0 aliphatic rings. The van der Waals surface area contributed by atoms with Crippen molar-refractivity contribution in [3.63, 3.8) is 0 Å². The number of rotatable bonds is 5. The van der Waals surface area contributed by atoms with Crippen molar-refractivity contribution in [1.82, 2.24) is 0 Å². The third-order valence-corrected chi connectivity index (χ3v) is 3.38. The Morgan fingerprint density at radius 2 is 1.90 bits per heavy atom. The van der Waals surface area contributed by atoms with Crippen molar-refractivity contribution in [3.8, 4) is 5.75 Å². The van der Waals surface area contributed by atoms with Crippen LogP contribution in [0.15, 0.2) is 36.4 Å². The van der Waals surface area contributed by atoms with E-state index in [2.05, 4.69) is 0 Å². The topological polar surface area (TPSA) is 38.5 Å². The van der Waals surface area contributed by atoms with Crippen molar-refractivity contribution in [2.75, 3.05) is 24.3 Å². The van der Waals surface area contributed by atoms with Gasteiger partial charge >= 0.3 is 0 Å². The van der Waals surface area contributed by atoms with Crippen LogP contribution in [0.4, 0.5) is 21.5 Å². The van der Waals surface area contributed by atoms with Gasteiger partial charge in [-0.2, -0.15) is 0 Å². The number of hydrogen-bond donors (Lipinski definition) is 1. The van der Waals surface area contributed by atoms with E-state index in [1.165, 1.54) is 6.07 Å². The van der Waals surface area contributed by atoms with Crippen molar-refractivity contribution in [2.24, 2.45) is 0 Å². The van der Waals surface area contributed by atoms with Gasteiger partial charge in [0.2, 0.25) is 0 Å². The van der Waals surface area contributed by atoms with Crippen molar-refractivity contribution < 1.29 is 9.13 Å². The first-order chi connectivity index (χ1) is 10.0. The highest BCUT2D eigenvalue weighted by molar-refractivity contribution is 5.77. The fourth-order valence-corrected chi connectivity index (χ4v) is 2.24. The molecule has 21 heavy (non-hydrogen) atoms. The zero-order valence-corrected chi connectivity index (χ0v) is 12.7. The second kappa shape index (κ2) is 6.48. The van der Waals surface area contributed by atoms with Gasteiger partial charge in [-0.1, -0.05) is 25.1 Å². The van der Waals surface area contributed by atoms with E-state index >= 15 is 0 Å². The van der Waals surface area contributed by atoms with E-state index in [9.17, 15) is 4.39 Å². The molecule has 0 heterocycles. The zero-order valence-electron chi connectivity index (χ0n) is 12.7. The third-order valence-electron chi connectivity index (χ3n) is 3.38. The number of nitrogens with zero attached hydrogens (tertiary/aromatic N) is 1. The smallest absolute Gasteiger partial charge is 0.167 e. The highest BCUT2D eigenvalue weighted by atomic mass is 19.1. The van der Waals surface area contributed by atoms with E-state index in [1.54, 1.807) is 6.07 Å². The number of nitrogens with two attached hydrogens (primary N) is 1. The van der Waals surface area contributed by atoms with Gasteiger partial charge in [-0.15, -0.1) is 0 Å².